The van der Waals surface area contributed by atoms with Gasteiger partial charge in [0.2, 0.25) is 0 Å². The Labute approximate surface area is 179 Å². The van der Waals surface area contributed by atoms with Crippen LogP contribution in [0.3, 0.4) is 0 Å². The summed E-state index contributed by atoms with van der Waals surface area (Å²) in [5, 5.41) is 7.87. The monoisotopic (exact) mass is 413 g/mol. The molecule has 1 aliphatic carbocycles. The van der Waals surface area contributed by atoms with Crippen molar-refractivity contribution < 1.29 is 13.9 Å². The molecule has 6 heteroatoms. The number of rotatable bonds is 8. The summed E-state index contributed by atoms with van der Waals surface area (Å²) >= 11 is 0. The predicted octanol–water partition coefficient (Wildman–Crippen LogP) is 4.68. The van der Waals surface area contributed by atoms with Crippen LogP contribution in [0.1, 0.15) is 57.6 Å². The highest BCUT2D eigenvalue weighted by Gasteiger charge is 2.25. The minimum Gasteiger partial charge on any atom is -0.490 e. The van der Waals surface area contributed by atoms with Crippen molar-refractivity contribution in [3.05, 3.63) is 30.0 Å². The average Bonchev–Trinajstić information content (AvgIpc) is 3.43. The van der Waals surface area contributed by atoms with Crippen molar-refractivity contribution in [2.75, 3.05) is 26.2 Å². The van der Waals surface area contributed by atoms with E-state index in [4.69, 9.17) is 9.15 Å². The van der Waals surface area contributed by atoms with Gasteiger partial charge in [0, 0.05) is 24.5 Å². The van der Waals surface area contributed by atoms with Crippen molar-refractivity contribution in [1.29, 1.82) is 0 Å². The number of urea groups is 1. The lowest BCUT2D eigenvalue weighted by atomic mass is 9.84. The first-order chi connectivity index (χ1) is 14.7. The van der Waals surface area contributed by atoms with Crippen LogP contribution >= 0.6 is 0 Å². The Morgan fingerprint density at radius 3 is 2.77 bits per heavy atom. The maximum atomic E-state index is 12.3. The van der Waals surface area contributed by atoms with Crippen molar-refractivity contribution in [3.8, 4) is 5.75 Å². The van der Waals surface area contributed by atoms with Gasteiger partial charge in [0.25, 0.3) is 0 Å². The molecule has 1 aliphatic heterocycles. The minimum absolute atomic E-state index is 0.149. The number of benzene rings is 1. The van der Waals surface area contributed by atoms with Crippen LogP contribution < -0.4 is 15.4 Å². The largest absolute Gasteiger partial charge is 0.490 e. The van der Waals surface area contributed by atoms with Crippen molar-refractivity contribution >= 4 is 17.0 Å². The molecule has 30 heavy (non-hydrogen) atoms. The highest BCUT2D eigenvalue weighted by atomic mass is 16.5. The Morgan fingerprint density at radius 2 is 2.00 bits per heavy atom. The molecule has 2 N–H and O–H groups in total. The molecule has 2 aromatic rings. The van der Waals surface area contributed by atoms with E-state index in [1.807, 2.05) is 24.0 Å². The predicted molar refractivity (Wildman–Crippen MR) is 119 cm³/mol. The Bertz CT molecular complexity index is 820. The van der Waals surface area contributed by atoms with Gasteiger partial charge in [0.15, 0.2) is 11.3 Å². The van der Waals surface area contributed by atoms with Gasteiger partial charge in [-0.25, -0.2) is 4.79 Å². The third-order valence-electron chi connectivity index (χ3n) is 6.46. The number of para-hydroxylation sites is 1. The molecule has 1 saturated heterocycles. The van der Waals surface area contributed by atoms with Gasteiger partial charge in [-0.3, -0.25) is 0 Å². The van der Waals surface area contributed by atoms with E-state index < -0.39 is 0 Å². The first kappa shape index (κ1) is 21.0. The van der Waals surface area contributed by atoms with E-state index in [0.717, 1.165) is 80.3 Å². The SMILES string of the molecule is CCOc1cccc2cc(CNCCC3CCC(NC(=O)N4CCCC4)CC3)oc12. The Hall–Kier alpha value is -2.21. The minimum atomic E-state index is 0.149. The van der Waals surface area contributed by atoms with Crippen LogP contribution in [0, 0.1) is 5.92 Å². The molecular weight excluding hydrogens is 378 g/mol. The topological polar surface area (TPSA) is 66.7 Å². The lowest BCUT2D eigenvalue weighted by molar-refractivity contribution is 0.195. The second-order valence-corrected chi connectivity index (χ2v) is 8.65. The molecule has 2 amide bonds. The summed E-state index contributed by atoms with van der Waals surface area (Å²) in [6.45, 7) is 6.19. The van der Waals surface area contributed by atoms with Crippen molar-refractivity contribution in [1.82, 2.24) is 15.5 Å². The molecule has 0 bridgehead atoms. The third kappa shape index (κ3) is 5.28. The lowest BCUT2D eigenvalue weighted by Gasteiger charge is -2.30. The zero-order valence-electron chi connectivity index (χ0n) is 18.1. The van der Waals surface area contributed by atoms with Crippen molar-refractivity contribution in [2.24, 2.45) is 5.92 Å². The number of fused-ring (bicyclic) bond motifs is 1. The van der Waals surface area contributed by atoms with Gasteiger partial charge in [-0.05, 0) is 76.5 Å². The van der Waals surface area contributed by atoms with E-state index in [-0.39, 0.29) is 6.03 Å². The maximum absolute atomic E-state index is 12.3. The molecule has 1 saturated carbocycles. The molecule has 6 nitrogen and oxygen atoms in total. The van der Waals surface area contributed by atoms with E-state index in [1.54, 1.807) is 0 Å². The quantitative estimate of drug-likeness (QED) is 0.617. The van der Waals surface area contributed by atoms with E-state index in [2.05, 4.69) is 22.8 Å². The normalized spacial score (nSPS) is 21.8. The number of hydrogen-bond donors (Lipinski definition) is 2. The smallest absolute Gasteiger partial charge is 0.317 e. The summed E-state index contributed by atoms with van der Waals surface area (Å²) < 4.78 is 11.7. The molecule has 1 aromatic carbocycles. The maximum Gasteiger partial charge on any atom is 0.317 e. The van der Waals surface area contributed by atoms with Gasteiger partial charge in [-0.15, -0.1) is 0 Å². The van der Waals surface area contributed by atoms with Gasteiger partial charge in [-0.1, -0.05) is 12.1 Å². The summed E-state index contributed by atoms with van der Waals surface area (Å²) in [7, 11) is 0. The number of nitrogens with one attached hydrogen (secondary N) is 2. The van der Waals surface area contributed by atoms with Gasteiger partial charge < -0.3 is 24.7 Å². The number of amides is 2. The van der Waals surface area contributed by atoms with Crippen molar-refractivity contribution in [2.45, 2.75) is 64.5 Å². The second-order valence-electron chi connectivity index (χ2n) is 8.65. The summed E-state index contributed by atoms with van der Waals surface area (Å²) in [4.78, 5) is 14.2. The average molecular weight is 414 g/mol. The summed E-state index contributed by atoms with van der Waals surface area (Å²) in [5.41, 5.74) is 0.838. The molecule has 1 aromatic heterocycles. The molecule has 0 atom stereocenters. The Morgan fingerprint density at radius 1 is 1.20 bits per heavy atom. The van der Waals surface area contributed by atoms with Gasteiger partial charge in [-0.2, -0.15) is 0 Å². The number of hydrogen-bond acceptors (Lipinski definition) is 4. The molecule has 4 rings (SSSR count). The standard InChI is InChI=1S/C24H35N3O3/c1-2-29-22-7-5-6-19-16-21(30-23(19)22)17-25-13-12-18-8-10-20(11-9-18)26-24(28)27-14-3-4-15-27/h5-7,16,18,20,25H,2-4,8-15,17H2,1H3,(H,26,28). The molecule has 2 aliphatic rings. The first-order valence-corrected chi connectivity index (χ1v) is 11.6. The lowest BCUT2D eigenvalue weighted by Crippen LogP contribution is -2.45. The molecule has 2 heterocycles. The zero-order chi connectivity index (χ0) is 20.8. The second kappa shape index (κ2) is 10.2. The van der Waals surface area contributed by atoms with Crippen LogP contribution in [0.4, 0.5) is 4.79 Å². The van der Waals surface area contributed by atoms with Crippen LogP contribution in [0.25, 0.3) is 11.0 Å². The van der Waals surface area contributed by atoms with Crippen LogP contribution in [0.5, 0.6) is 5.75 Å². The third-order valence-corrected chi connectivity index (χ3v) is 6.46. The van der Waals surface area contributed by atoms with E-state index in [1.165, 1.54) is 19.3 Å². The van der Waals surface area contributed by atoms with Crippen LogP contribution in [0.2, 0.25) is 0 Å². The summed E-state index contributed by atoms with van der Waals surface area (Å²) in [6.07, 6.45) is 8.09. The molecule has 164 valence electrons. The summed E-state index contributed by atoms with van der Waals surface area (Å²) in [5.74, 6) is 2.51. The van der Waals surface area contributed by atoms with E-state index in [9.17, 15) is 4.79 Å². The molecule has 0 radical (unpaired) electrons. The van der Waals surface area contributed by atoms with E-state index in [0.29, 0.717) is 12.6 Å². The number of likely N-dealkylation sites (tertiary alicyclic amines) is 1. The fourth-order valence-corrected chi connectivity index (χ4v) is 4.75. The number of furan rings is 1. The van der Waals surface area contributed by atoms with Crippen LogP contribution in [-0.2, 0) is 6.54 Å². The number of nitrogens with zero attached hydrogens (tertiary/aromatic N) is 1. The highest BCUT2D eigenvalue weighted by molar-refractivity contribution is 5.83. The van der Waals surface area contributed by atoms with Crippen LogP contribution in [-0.4, -0.2) is 43.2 Å². The number of carbonyl (C=O) groups is 1. The Balaban J connectivity index is 1.15. The fraction of sp³-hybridized carbons (Fsp3) is 0.625. The van der Waals surface area contributed by atoms with Gasteiger partial charge in [0.05, 0.1) is 13.2 Å². The van der Waals surface area contributed by atoms with E-state index >= 15 is 0 Å². The number of ether oxygens (including phenoxy) is 1. The number of carbonyl (C=O) groups excluding carboxylic acids is 1. The molecule has 0 spiro atoms. The van der Waals surface area contributed by atoms with Gasteiger partial charge >= 0.3 is 6.03 Å². The molecule has 0 unspecified atom stereocenters. The highest BCUT2D eigenvalue weighted by Crippen LogP contribution is 2.29. The fourth-order valence-electron chi connectivity index (χ4n) is 4.75. The Kier molecular flexibility index (Phi) is 7.16. The summed E-state index contributed by atoms with van der Waals surface area (Å²) in [6, 6.07) is 8.62. The zero-order valence-corrected chi connectivity index (χ0v) is 18.1. The molecular formula is C24H35N3O3. The van der Waals surface area contributed by atoms with Crippen LogP contribution in [0.15, 0.2) is 28.7 Å². The van der Waals surface area contributed by atoms with Crippen molar-refractivity contribution in [3.63, 3.8) is 0 Å². The molecule has 2 fully saturated rings. The van der Waals surface area contributed by atoms with Gasteiger partial charge in [0.1, 0.15) is 5.76 Å². The first-order valence-electron chi connectivity index (χ1n) is 11.6.